The maximum absolute atomic E-state index is 6.10. The van der Waals surface area contributed by atoms with Crippen molar-refractivity contribution in [3.05, 3.63) is 47.0 Å². The summed E-state index contributed by atoms with van der Waals surface area (Å²) in [5.41, 5.74) is 4.58. The number of benzene rings is 1. The van der Waals surface area contributed by atoms with Gasteiger partial charge in [0.15, 0.2) is 0 Å². The van der Waals surface area contributed by atoms with E-state index in [1.54, 1.807) is 6.08 Å². The summed E-state index contributed by atoms with van der Waals surface area (Å²) < 4.78 is 0. The van der Waals surface area contributed by atoms with Gasteiger partial charge in [-0.15, -0.1) is 6.58 Å². The van der Waals surface area contributed by atoms with Gasteiger partial charge in [0.05, 0.1) is 11.6 Å². The smallest absolute Gasteiger partial charge is 0.144 e. The molecule has 4 heteroatoms. The molecule has 0 atom stereocenters. The van der Waals surface area contributed by atoms with Crippen molar-refractivity contribution in [3.8, 4) is 0 Å². The molecule has 3 N–H and O–H groups in total. The van der Waals surface area contributed by atoms with E-state index in [-0.39, 0.29) is 0 Å². The molecule has 0 radical (unpaired) electrons. The van der Waals surface area contributed by atoms with E-state index in [0.717, 1.165) is 12.0 Å². The van der Waals surface area contributed by atoms with Crippen molar-refractivity contribution in [3.63, 3.8) is 0 Å². The molecule has 0 saturated heterocycles. The fourth-order valence-electron chi connectivity index (χ4n) is 1.34. The second kappa shape index (κ2) is 6.30. The number of nitrogens with zero attached hydrogens (tertiary/aromatic N) is 1. The summed E-state index contributed by atoms with van der Waals surface area (Å²) in [4.78, 5) is 4.25. The Labute approximate surface area is 101 Å². The molecular weight excluding hydrogens is 222 g/mol. The quantitative estimate of drug-likeness (QED) is 0.278. The third-order valence-electron chi connectivity index (χ3n) is 2.21. The van der Waals surface area contributed by atoms with Crippen LogP contribution in [0.5, 0.6) is 0 Å². The molecule has 3 nitrogen and oxygen atoms in total. The van der Waals surface area contributed by atoms with Crippen molar-refractivity contribution < 1.29 is 0 Å². The zero-order chi connectivity index (χ0) is 12.0. The van der Waals surface area contributed by atoms with Crippen LogP contribution in [0, 0.1) is 0 Å². The molecule has 0 fully saturated rings. The van der Waals surface area contributed by atoms with Gasteiger partial charge in [-0.2, -0.15) is 0 Å². The molecule has 0 spiro atoms. The van der Waals surface area contributed by atoms with Crippen LogP contribution in [0.1, 0.15) is 18.1 Å². The zero-order valence-electron chi connectivity index (χ0n) is 9.33. The van der Waals surface area contributed by atoms with Gasteiger partial charge in [-0.3, -0.25) is 4.99 Å². The number of hydrogen-bond donors (Lipinski definition) is 2. The van der Waals surface area contributed by atoms with Gasteiger partial charge in [-0.1, -0.05) is 30.7 Å². The van der Waals surface area contributed by atoms with Gasteiger partial charge in [0.1, 0.15) is 5.84 Å². The van der Waals surface area contributed by atoms with Crippen molar-refractivity contribution in [2.75, 3.05) is 6.54 Å². The number of hydrazine groups is 1. The van der Waals surface area contributed by atoms with Crippen molar-refractivity contribution >= 4 is 17.4 Å². The highest BCUT2D eigenvalue weighted by Gasteiger charge is 2.07. The van der Waals surface area contributed by atoms with Gasteiger partial charge in [-0.25, -0.2) is 5.84 Å². The summed E-state index contributed by atoms with van der Waals surface area (Å²) in [6.07, 6.45) is 2.65. The molecule has 86 valence electrons. The third-order valence-corrected chi connectivity index (χ3v) is 2.54. The van der Waals surface area contributed by atoms with E-state index < -0.39 is 0 Å². The largest absolute Gasteiger partial charge is 0.308 e. The van der Waals surface area contributed by atoms with Crippen LogP contribution in [-0.4, -0.2) is 12.4 Å². The average molecular weight is 238 g/mol. The van der Waals surface area contributed by atoms with Gasteiger partial charge >= 0.3 is 0 Å². The Morgan fingerprint density at radius 1 is 1.62 bits per heavy atom. The molecular formula is C12H16ClN3. The summed E-state index contributed by atoms with van der Waals surface area (Å²) in [5, 5.41) is 0.637. The first kappa shape index (κ1) is 12.7. The topological polar surface area (TPSA) is 50.4 Å². The lowest BCUT2D eigenvalue weighted by Gasteiger charge is -2.09. The van der Waals surface area contributed by atoms with Crippen LogP contribution in [-0.2, 0) is 6.42 Å². The lowest BCUT2D eigenvalue weighted by Crippen LogP contribution is -2.31. The van der Waals surface area contributed by atoms with E-state index in [1.165, 1.54) is 5.56 Å². The normalized spacial score (nSPS) is 11.3. The second-order valence-corrected chi connectivity index (χ2v) is 3.70. The standard InChI is InChI=1S/C12H16ClN3/c1-3-7-15-12(16-14)10-8-9(4-2)5-6-11(10)13/h3,5-6,8H,1,4,7,14H2,2H3,(H,15,16). The second-order valence-electron chi connectivity index (χ2n) is 3.29. The number of hydrogen-bond acceptors (Lipinski definition) is 2. The van der Waals surface area contributed by atoms with Crippen LogP contribution in [0.2, 0.25) is 5.02 Å². The lowest BCUT2D eigenvalue weighted by molar-refractivity contribution is 1.00. The minimum atomic E-state index is 0.506. The van der Waals surface area contributed by atoms with E-state index in [1.807, 2.05) is 18.2 Å². The molecule has 1 aromatic carbocycles. The number of aliphatic imine (C=N–C) groups is 1. The molecule has 0 unspecified atom stereocenters. The first-order valence-corrected chi connectivity index (χ1v) is 5.51. The van der Waals surface area contributed by atoms with E-state index in [9.17, 15) is 0 Å². The van der Waals surface area contributed by atoms with Crippen molar-refractivity contribution in [1.82, 2.24) is 5.43 Å². The minimum absolute atomic E-state index is 0.506. The van der Waals surface area contributed by atoms with Gasteiger partial charge in [0.25, 0.3) is 0 Å². The van der Waals surface area contributed by atoms with Gasteiger partial charge in [0, 0.05) is 5.56 Å². The zero-order valence-corrected chi connectivity index (χ0v) is 10.1. The first-order chi connectivity index (χ1) is 7.72. The molecule has 0 aromatic heterocycles. The molecule has 0 aliphatic rings. The predicted octanol–water partition coefficient (Wildman–Crippen LogP) is 2.30. The highest BCUT2D eigenvalue weighted by Crippen LogP contribution is 2.18. The fourth-order valence-corrected chi connectivity index (χ4v) is 1.55. The molecule has 0 saturated carbocycles. The Morgan fingerprint density at radius 3 is 2.94 bits per heavy atom. The average Bonchev–Trinajstić information content (AvgIpc) is 2.32. The van der Waals surface area contributed by atoms with E-state index in [4.69, 9.17) is 17.4 Å². The van der Waals surface area contributed by atoms with Crippen LogP contribution in [0.3, 0.4) is 0 Å². The fraction of sp³-hybridized carbons (Fsp3) is 0.250. The van der Waals surface area contributed by atoms with E-state index in [2.05, 4.69) is 23.9 Å². The molecule has 1 rings (SSSR count). The molecule has 0 bridgehead atoms. The SMILES string of the molecule is C=CCN=C(NN)c1cc(CC)ccc1Cl. The molecule has 0 aliphatic carbocycles. The Kier molecular flexibility index (Phi) is 5.02. The van der Waals surface area contributed by atoms with Crippen LogP contribution in [0.15, 0.2) is 35.8 Å². The lowest BCUT2D eigenvalue weighted by atomic mass is 10.1. The van der Waals surface area contributed by atoms with E-state index in [0.29, 0.717) is 17.4 Å². The summed E-state index contributed by atoms with van der Waals surface area (Å²) >= 11 is 6.10. The first-order valence-electron chi connectivity index (χ1n) is 5.13. The Balaban J connectivity index is 3.12. The summed E-state index contributed by atoms with van der Waals surface area (Å²) in [6, 6.07) is 5.84. The highest BCUT2D eigenvalue weighted by atomic mass is 35.5. The van der Waals surface area contributed by atoms with Crippen molar-refractivity contribution in [1.29, 1.82) is 0 Å². The Bertz CT molecular complexity index is 399. The molecule has 0 heterocycles. The van der Waals surface area contributed by atoms with Crippen LogP contribution < -0.4 is 11.3 Å². The maximum Gasteiger partial charge on any atom is 0.144 e. The maximum atomic E-state index is 6.10. The highest BCUT2D eigenvalue weighted by molar-refractivity contribution is 6.34. The van der Waals surface area contributed by atoms with Crippen LogP contribution in [0.25, 0.3) is 0 Å². The van der Waals surface area contributed by atoms with Gasteiger partial charge in [0.2, 0.25) is 0 Å². The van der Waals surface area contributed by atoms with Crippen LogP contribution in [0.4, 0.5) is 0 Å². The number of halogens is 1. The summed E-state index contributed by atoms with van der Waals surface area (Å²) in [5.74, 6) is 6.02. The van der Waals surface area contributed by atoms with Crippen LogP contribution >= 0.6 is 11.6 Å². The molecule has 0 aliphatic heterocycles. The molecule has 0 amide bonds. The number of nitrogens with two attached hydrogens (primary N) is 1. The van der Waals surface area contributed by atoms with Gasteiger partial charge < -0.3 is 5.43 Å². The molecule has 16 heavy (non-hydrogen) atoms. The number of nitrogens with one attached hydrogen (secondary N) is 1. The van der Waals surface area contributed by atoms with Gasteiger partial charge in [-0.05, 0) is 24.1 Å². The third kappa shape index (κ3) is 3.08. The van der Waals surface area contributed by atoms with E-state index >= 15 is 0 Å². The molecule has 1 aromatic rings. The number of rotatable bonds is 4. The summed E-state index contributed by atoms with van der Waals surface area (Å²) in [7, 11) is 0. The van der Waals surface area contributed by atoms with Crippen molar-refractivity contribution in [2.45, 2.75) is 13.3 Å². The minimum Gasteiger partial charge on any atom is -0.308 e. The number of amidine groups is 1. The number of aryl methyl sites for hydroxylation is 1. The summed E-state index contributed by atoms with van der Waals surface area (Å²) in [6.45, 7) is 6.20. The Hall–Kier alpha value is -1.32. The monoisotopic (exact) mass is 237 g/mol. The predicted molar refractivity (Wildman–Crippen MR) is 69.8 cm³/mol. The Morgan fingerprint density at radius 2 is 2.38 bits per heavy atom. The van der Waals surface area contributed by atoms with Crippen molar-refractivity contribution in [2.24, 2.45) is 10.8 Å².